The van der Waals surface area contributed by atoms with Crippen LogP contribution < -0.4 is 5.32 Å². The van der Waals surface area contributed by atoms with Gasteiger partial charge in [-0.3, -0.25) is 0 Å². The van der Waals surface area contributed by atoms with Crippen molar-refractivity contribution in [2.75, 3.05) is 6.61 Å². The quantitative estimate of drug-likeness (QED) is 0.591. The molecule has 0 spiro atoms. The zero-order valence-electron chi connectivity index (χ0n) is 6.99. The molecule has 0 saturated heterocycles. The van der Waals surface area contributed by atoms with Gasteiger partial charge in [-0.2, -0.15) is 0 Å². The van der Waals surface area contributed by atoms with Crippen LogP contribution in [0.5, 0.6) is 0 Å². The molecule has 2 nitrogen and oxygen atoms in total. The summed E-state index contributed by atoms with van der Waals surface area (Å²) < 4.78 is 5.59. The maximum atomic E-state index is 5.59. The lowest BCUT2D eigenvalue weighted by atomic mass is 9.95. The monoisotopic (exact) mass is 163 g/mol. The Balaban J connectivity index is 1.94. The normalized spacial score (nSPS) is 34.7. The summed E-state index contributed by atoms with van der Waals surface area (Å²) in [6.07, 6.45) is 10.7. The number of ether oxygens (including phenoxy) is 1. The molecule has 0 amide bonds. The van der Waals surface area contributed by atoms with Gasteiger partial charge in [-0.25, -0.2) is 0 Å². The van der Waals surface area contributed by atoms with Crippen LogP contribution in [-0.2, 0) is 4.74 Å². The average molecular weight is 163 g/mol. The molecule has 0 aromatic carbocycles. The molecule has 2 heterocycles. The van der Waals surface area contributed by atoms with Crippen LogP contribution in [0.3, 0.4) is 0 Å². The summed E-state index contributed by atoms with van der Waals surface area (Å²) in [6.45, 7) is 4.03. The van der Waals surface area contributed by atoms with E-state index < -0.39 is 0 Å². The lowest BCUT2D eigenvalue weighted by Crippen LogP contribution is -2.29. The first-order valence-corrected chi connectivity index (χ1v) is 4.41. The molecule has 2 atom stereocenters. The number of allylic oxidation sites excluding steroid dienone is 1. The molecule has 0 aromatic rings. The Bertz CT molecular complexity index is 198. The first-order chi connectivity index (χ1) is 5.97. The SMILES string of the molecule is [C]1NC=CCC1C1C=CCCO1. The van der Waals surface area contributed by atoms with Crippen molar-refractivity contribution in [1.29, 1.82) is 0 Å². The van der Waals surface area contributed by atoms with Crippen LogP contribution in [-0.4, -0.2) is 12.7 Å². The van der Waals surface area contributed by atoms with E-state index >= 15 is 0 Å². The molecular formula is C10H13NO. The number of rotatable bonds is 1. The Morgan fingerprint density at radius 3 is 3.08 bits per heavy atom. The molecule has 0 saturated carbocycles. The number of nitrogens with one attached hydrogen (secondary N) is 1. The van der Waals surface area contributed by atoms with E-state index in [1.54, 1.807) is 0 Å². The van der Waals surface area contributed by atoms with Crippen LogP contribution in [0, 0.1) is 12.5 Å². The third-order valence-electron chi connectivity index (χ3n) is 2.18. The smallest absolute Gasteiger partial charge is 0.0943 e. The summed E-state index contributed by atoms with van der Waals surface area (Å²) in [5.41, 5.74) is 0. The minimum absolute atomic E-state index is 0.233. The summed E-state index contributed by atoms with van der Waals surface area (Å²) in [5.74, 6) is 0.381. The zero-order valence-corrected chi connectivity index (χ0v) is 6.99. The van der Waals surface area contributed by atoms with Crippen molar-refractivity contribution in [1.82, 2.24) is 5.32 Å². The highest BCUT2D eigenvalue weighted by Crippen LogP contribution is 2.21. The van der Waals surface area contributed by atoms with Gasteiger partial charge in [0.1, 0.15) is 0 Å². The fraction of sp³-hybridized carbons (Fsp3) is 0.500. The van der Waals surface area contributed by atoms with Crippen molar-refractivity contribution in [3.8, 4) is 0 Å². The highest BCUT2D eigenvalue weighted by Gasteiger charge is 2.22. The molecule has 2 heteroatoms. The second-order valence-electron chi connectivity index (χ2n) is 3.09. The molecule has 2 aliphatic rings. The summed E-state index contributed by atoms with van der Waals surface area (Å²) in [7, 11) is 0. The lowest BCUT2D eigenvalue weighted by Gasteiger charge is -2.27. The first-order valence-electron chi connectivity index (χ1n) is 4.41. The van der Waals surface area contributed by atoms with E-state index in [4.69, 9.17) is 4.74 Å². The van der Waals surface area contributed by atoms with Crippen molar-refractivity contribution >= 4 is 0 Å². The summed E-state index contributed by atoms with van der Waals surface area (Å²) in [6, 6.07) is 0. The van der Waals surface area contributed by atoms with Crippen molar-refractivity contribution < 1.29 is 4.74 Å². The fourth-order valence-corrected chi connectivity index (χ4v) is 1.51. The van der Waals surface area contributed by atoms with Gasteiger partial charge in [-0.05, 0) is 19.0 Å². The Labute approximate surface area is 73.3 Å². The van der Waals surface area contributed by atoms with Gasteiger partial charge >= 0.3 is 0 Å². The Hall–Kier alpha value is -0.760. The number of hydrogen-bond acceptors (Lipinski definition) is 2. The highest BCUT2D eigenvalue weighted by atomic mass is 16.5. The molecular weight excluding hydrogens is 150 g/mol. The average Bonchev–Trinajstić information content (AvgIpc) is 2.21. The van der Waals surface area contributed by atoms with Crippen LogP contribution in [0.25, 0.3) is 0 Å². The van der Waals surface area contributed by atoms with Gasteiger partial charge < -0.3 is 10.1 Å². The van der Waals surface area contributed by atoms with Crippen LogP contribution >= 0.6 is 0 Å². The molecule has 0 bridgehead atoms. The molecule has 0 fully saturated rings. The zero-order chi connectivity index (χ0) is 8.23. The predicted molar refractivity (Wildman–Crippen MR) is 47.1 cm³/mol. The van der Waals surface area contributed by atoms with E-state index in [2.05, 4.69) is 30.1 Å². The largest absolute Gasteiger partial charge is 0.381 e. The first kappa shape index (κ1) is 7.87. The molecule has 12 heavy (non-hydrogen) atoms. The minimum atomic E-state index is 0.233. The van der Waals surface area contributed by atoms with Gasteiger partial charge in [0.2, 0.25) is 0 Å². The molecule has 0 aromatic heterocycles. The van der Waals surface area contributed by atoms with Crippen LogP contribution in [0.4, 0.5) is 0 Å². The maximum absolute atomic E-state index is 5.59. The molecule has 2 unspecified atom stereocenters. The van der Waals surface area contributed by atoms with Crippen LogP contribution in [0.1, 0.15) is 12.8 Å². The van der Waals surface area contributed by atoms with E-state index in [0.717, 1.165) is 19.4 Å². The second kappa shape index (κ2) is 3.76. The van der Waals surface area contributed by atoms with Gasteiger partial charge in [-0.1, -0.05) is 18.2 Å². The van der Waals surface area contributed by atoms with E-state index in [-0.39, 0.29) is 6.10 Å². The van der Waals surface area contributed by atoms with Crippen molar-refractivity contribution in [3.05, 3.63) is 31.0 Å². The van der Waals surface area contributed by atoms with Crippen molar-refractivity contribution in [3.63, 3.8) is 0 Å². The molecule has 0 aliphatic carbocycles. The Morgan fingerprint density at radius 2 is 2.42 bits per heavy atom. The molecule has 1 N–H and O–H groups in total. The van der Waals surface area contributed by atoms with E-state index in [0.29, 0.717) is 5.92 Å². The molecule has 2 aliphatic heterocycles. The highest BCUT2D eigenvalue weighted by molar-refractivity contribution is 5.05. The Morgan fingerprint density at radius 1 is 1.42 bits per heavy atom. The predicted octanol–water partition coefficient (Wildman–Crippen LogP) is 1.49. The molecule has 2 radical (unpaired) electrons. The van der Waals surface area contributed by atoms with Gasteiger partial charge in [0, 0.05) is 5.92 Å². The van der Waals surface area contributed by atoms with Gasteiger partial charge in [-0.15, -0.1) is 0 Å². The van der Waals surface area contributed by atoms with Crippen LogP contribution in [0.15, 0.2) is 24.4 Å². The van der Waals surface area contributed by atoms with Crippen molar-refractivity contribution in [2.24, 2.45) is 5.92 Å². The minimum Gasteiger partial charge on any atom is -0.381 e. The third kappa shape index (κ3) is 1.69. The van der Waals surface area contributed by atoms with Gasteiger partial charge in [0.15, 0.2) is 0 Å². The summed E-state index contributed by atoms with van der Waals surface area (Å²) in [5, 5.41) is 2.99. The summed E-state index contributed by atoms with van der Waals surface area (Å²) in [4.78, 5) is 0. The molecule has 64 valence electrons. The fourth-order valence-electron chi connectivity index (χ4n) is 1.51. The maximum Gasteiger partial charge on any atom is 0.0943 e. The van der Waals surface area contributed by atoms with Crippen LogP contribution in [0.2, 0.25) is 0 Å². The Kier molecular flexibility index (Phi) is 2.47. The van der Waals surface area contributed by atoms with E-state index in [1.807, 2.05) is 6.20 Å². The van der Waals surface area contributed by atoms with E-state index in [9.17, 15) is 0 Å². The van der Waals surface area contributed by atoms with Crippen molar-refractivity contribution in [2.45, 2.75) is 18.9 Å². The lowest BCUT2D eigenvalue weighted by molar-refractivity contribution is 0.0471. The summed E-state index contributed by atoms with van der Waals surface area (Å²) >= 11 is 0. The van der Waals surface area contributed by atoms with E-state index in [1.165, 1.54) is 0 Å². The topological polar surface area (TPSA) is 21.3 Å². The van der Waals surface area contributed by atoms with Gasteiger partial charge in [0.25, 0.3) is 0 Å². The number of hydrogen-bond donors (Lipinski definition) is 1. The standard InChI is InChI=1S/C10H13NO/c1-2-7-12-10(5-1)9-4-3-6-11-8-9/h1,3,5-6,9-11H,2,4,7H2. The third-order valence-corrected chi connectivity index (χ3v) is 2.18. The van der Waals surface area contributed by atoms with Gasteiger partial charge in [0.05, 0.1) is 19.3 Å². The second-order valence-corrected chi connectivity index (χ2v) is 3.09. The molecule has 2 rings (SSSR count).